The molecule has 8 heteroatoms. The van der Waals surface area contributed by atoms with E-state index in [9.17, 15) is 13.2 Å². The highest BCUT2D eigenvalue weighted by Gasteiger charge is 2.16. The van der Waals surface area contributed by atoms with E-state index < -0.39 is 17.8 Å². The fraction of sp³-hybridized carbons (Fsp3) is 0.188. The monoisotopic (exact) mass is 334 g/mol. The molecule has 0 aliphatic carbocycles. The lowest BCUT2D eigenvalue weighted by atomic mass is 10.1. The zero-order chi connectivity index (χ0) is 17.1. The average Bonchev–Trinajstić information content (AvgIpc) is 3.07. The Labute approximate surface area is 135 Å². The normalized spacial score (nSPS) is 11.0. The summed E-state index contributed by atoms with van der Waals surface area (Å²) < 4.78 is 46.0. The maximum atomic E-state index is 13.5. The predicted molar refractivity (Wildman–Crippen MR) is 80.3 cm³/mol. The first-order valence-electron chi connectivity index (χ1n) is 7.04. The summed E-state index contributed by atoms with van der Waals surface area (Å²) in [5.41, 5.74) is 0.641. The number of hydrogen-bond donors (Lipinski definition) is 0. The first-order valence-corrected chi connectivity index (χ1v) is 7.04. The first-order chi connectivity index (χ1) is 11.6. The van der Waals surface area contributed by atoms with Gasteiger partial charge in [-0.05, 0) is 30.3 Å². The fourth-order valence-electron chi connectivity index (χ4n) is 2.22. The molecule has 1 aromatic carbocycles. The molecule has 0 aliphatic heterocycles. The van der Waals surface area contributed by atoms with Gasteiger partial charge in [-0.1, -0.05) is 0 Å². The Morgan fingerprint density at radius 2 is 2.04 bits per heavy atom. The third-order valence-corrected chi connectivity index (χ3v) is 3.35. The molecule has 3 rings (SSSR count). The van der Waals surface area contributed by atoms with Gasteiger partial charge in [-0.25, -0.2) is 13.2 Å². The zero-order valence-electron chi connectivity index (χ0n) is 12.7. The lowest BCUT2D eigenvalue weighted by Gasteiger charge is -2.09. The van der Waals surface area contributed by atoms with Crippen LogP contribution in [0, 0.1) is 5.82 Å². The summed E-state index contributed by atoms with van der Waals surface area (Å²) in [5, 5.41) is 4.09. The zero-order valence-corrected chi connectivity index (χ0v) is 12.7. The van der Waals surface area contributed by atoms with Crippen molar-refractivity contribution in [2.24, 2.45) is 0 Å². The largest absolute Gasteiger partial charge is 0.467 e. The fourth-order valence-corrected chi connectivity index (χ4v) is 2.22. The highest BCUT2D eigenvalue weighted by molar-refractivity contribution is 5.61. The van der Waals surface area contributed by atoms with Crippen molar-refractivity contribution in [3.05, 3.63) is 59.8 Å². The molecule has 0 spiro atoms. The van der Waals surface area contributed by atoms with Gasteiger partial charge < -0.3 is 4.74 Å². The summed E-state index contributed by atoms with van der Waals surface area (Å²) in [6.07, 6.45) is 0.493. The quantitative estimate of drug-likeness (QED) is 0.717. The van der Waals surface area contributed by atoms with Crippen LogP contribution in [0.5, 0.6) is 6.01 Å². The van der Waals surface area contributed by atoms with Crippen molar-refractivity contribution in [3.8, 4) is 17.3 Å². The van der Waals surface area contributed by atoms with Gasteiger partial charge >= 0.3 is 6.01 Å². The summed E-state index contributed by atoms with van der Waals surface area (Å²) >= 11 is 0. The summed E-state index contributed by atoms with van der Waals surface area (Å²) in [6, 6.07) is 6.97. The van der Waals surface area contributed by atoms with E-state index in [0.29, 0.717) is 23.5 Å². The molecule has 2 heterocycles. The molecular formula is C16H13F3N4O. The SMILES string of the molecule is COc1nc(Cn2cccn2)cc(-c2ccc(F)c(C(F)F)c2)n1. The topological polar surface area (TPSA) is 52.8 Å². The van der Waals surface area contributed by atoms with Crippen LogP contribution in [0.25, 0.3) is 11.3 Å². The van der Waals surface area contributed by atoms with Crippen molar-refractivity contribution >= 4 is 0 Å². The number of hydrogen-bond acceptors (Lipinski definition) is 4. The minimum absolute atomic E-state index is 0.0950. The molecule has 5 nitrogen and oxygen atoms in total. The van der Waals surface area contributed by atoms with Gasteiger partial charge in [0.15, 0.2) is 0 Å². The second-order valence-corrected chi connectivity index (χ2v) is 4.97. The Morgan fingerprint density at radius 3 is 2.71 bits per heavy atom. The smallest absolute Gasteiger partial charge is 0.316 e. The van der Waals surface area contributed by atoms with Gasteiger partial charge in [0, 0.05) is 18.0 Å². The molecule has 0 saturated carbocycles. The van der Waals surface area contributed by atoms with E-state index in [1.165, 1.54) is 13.2 Å². The van der Waals surface area contributed by atoms with E-state index in [0.717, 1.165) is 12.1 Å². The Balaban J connectivity index is 2.02. The summed E-state index contributed by atoms with van der Waals surface area (Å²) in [6.45, 7) is 0.363. The van der Waals surface area contributed by atoms with Crippen LogP contribution in [-0.4, -0.2) is 26.9 Å². The number of aromatic nitrogens is 4. The molecule has 0 aliphatic rings. The molecule has 0 bridgehead atoms. The Bertz CT molecular complexity index is 837. The van der Waals surface area contributed by atoms with Crippen molar-refractivity contribution < 1.29 is 17.9 Å². The van der Waals surface area contributed by atoms with Gasteiger partial charge in [0.1, 0.15) is 5.82 Å². The van der Waals surface area contributed by atoms with Crippen molar-refractivity contribution in [2.45, 2.75) is 13.0 Å². The molecule has 0 N–H and O–H groups in total. The van der Waals surface area contributed by atoms with Crippen LogP contribution in [0.4, 0.5) is 13.2 Å². The second-order valence-electron chi connectivity index (χ2n) is 4.97. The molecule has 0 fully saturated rings. The van der Waals surface area contributed by atoms with Gasteiger partial charge in [0.2, 0.25) is 0 Å². The van der Waals surface area contributed by atoms with Gasteiger partial charge in [-0.3, -0.25) is 4.68 Å². The average molecular weight is 334 g/mol. The standard InChI is InChI=1S/C16H13F3N4O/c1-24-16-21-11(9-23-6-2-5-20-23)8-14(22-16)10-3-4-13(17)12(7-10)15(18)19/h2-8,15H,9H2,1H3. The number of methoxy groups -OCH3 is 1. The lowest BCUT2D eigenvalue weighted by molar-refractivity contribution is 0.146. The van der Waals surface area contributed by atoms with Crippen LogP contribution >= 0.6 is 0 Å². The maximum Gasteiger partial charge on any atom is 0.316 e. The van der Waals surface area contributed by atoms with Crippen molar-refractivity contribution in [1.82, 2.24) is 19.7 Å². The highest BCUT2D eigenvalue weighted by Crippen LogP contribution is 2.28. The Morgan fingerprint density at radius 1 is 1.21 bits per heavy atom. The molecule has 2 aromatic heterocycles. The van der Waals surface area contributed by atoms with Crippen LogP contribution in [0.2, 0.25) is 0 Å². The van der Waals surface area contributed by atoms with Crippen molar-refractivity contribution in [1.29, 1.82) is 0 Å². The van der Waals surface area contributed by atoms with E-state index in [4.69, 9.17) is 4.74 Å². The van der Waals surface area contributed by atoms with Crippen LogP contribution in [0.1, 0.15) is 17.7 Å². The Hall–Kier alpha value is -2.90. The molecule has 0 amide bonds. The molecule has 124 valence electrons. The number of ether oxygens (including phenoxy) is 1. The number of rotatable bonds is 5. The molecule has 0 atom stereocenters. The van der Waals surface area contributed by atoms with E-state index >= 15 is 0 Å². The second kappa shape index (κ2) is 6.69. The van der Waals surface area contributed by atoms with E-state index in [2.05, 4.69) is 15.1 Å². The third kappa shape index (κ3) is 3.37. The molecular weight excluding hydrogens is 321 g/mol. The lowest BCUT2D eigenvalue weighted by Crippen LogP contribution is -2.05. The number of nitrogens with zero attached hydrogens (tertiary/aromatic N) is 4. The van der Waals surface area contributed by atoms with Crippen molar-refractivity contribution in [2.75, 3.05) is 7.11 Å². The highest BCUT2D eigenvalue weighted by atomic mass is 19.3. The van der Waals surface area contributed by atoms with Gasteiger partial charge in [-0.15, -0.1) is 0 Å². The van der Waals surface area contributed by atoms with Gasteiger partial charge in [0.05, 0.1) is 30.6 Å². The van der Waals surface area contributed by atoms with Gasteiger partial charge in [-0.2, -0.15) is 15.1 Å². The van der Waals surface area contributed by atoms with Crippen molar-refractivity contribution in [3.63, 3.8) is 0 Å². The molecule has 0 unspecified atom stereocenters. The number of halogens is 3. The van der Waals surface area contributed by atoms with Crippen LogP contribution in [0.15, 0.2) is 42.7 Å². The molecule has 3 aromatic rings. The summed E-state index contributed by atoms with van der Waals surface area (Å²) in [4.78, 5) is 8.36. The number of benzene rings is 1. The number of alkyl halides is 2. The van der Waals surface area contributed by atoms with Gasteiger partial charge in [0.25, 0.3) is 6.43 Å². The minimum Gasteiger partial charge on any atom is -0.467 e. The summed E-state index contributed by atoms with van der Waals surface area (Å²) in [5.74, 6) is -0.952. The van der Waals surface area contributed by atoms with E-state index in [1.807, 2.05) is 0 Å². The van der Waals surface area contributed by atoms with Crippen LogP contribution in [0.3, 0.4) is 0 Å². The van der Waals surface area contributed by atoms with E-state index in [1.54, 1.807) is 29.2 Å². The third-order valence-electron chi connectivity index (χ3n) is 3.35. The predicted octanol–water partition coefficient (Wildman–Crippen LogP) is 3.47. The first kappa shape index (κ1) is 16.0. The molecule has 0 radical (unpaired) electrons. The Kier molecular flexibility index (Phi) is 4.45. The minimum atomic E-state index is -2.91. The summed E-state index contributed by atoms with van der Waals surface area (Å²) in [7, 11) is 1.41. The van der Waals surface area contributed by atoms with Crippen LogP contribution in [-0.2, 0) is 6.54 Å². The maximum absolute atomic E-state index is 13.5. The molecule has 24 heavy (non-hydrogen) atoms. The van der Waals surface area contributed by atoms with E-state index in [-0.39, 0.29) is 6.01 Å². The molecule has 0 saturated heterocycles. The van der Waals surface area contributed by atoms with Crippen LogP contribution < -0.4 is 4.74 Å².